The van der Waals surface area contributed by atoms with Crippen LogP contribution < -0.4 is 0 Å². The van der Waals surface area contributed by atoms with E-state index in [0.29, 0.717) is 5.33 Å². The fourth-order valence-corrected chi connectivity index (χ4v) is 1.63. The van der Waals surface area contributed by atoms with Crippen molar-refractivity contribution in [1.82, 2.24) is 0 Å². The zero-order chi connectivity index (χ0) is 11.4. The van der Waals surface area contributed by atoms with Crippen LogP contribution in [0.5, 0.6) is 0 Å². The second-order valence-corrected chi connectivity index (χ2v) is 3.97. The molecule has 1 rings (SSSR count). The van der Waals surface area contributed by atoms with Crippen LogP contribution in [0.3, 0.4) is 0 Å². The van der Waals surface area contributed by atoms with Gasteiger partial charge in [0.15, 0.2) is 6.29 Å². The predicted molar refractivity (Wildman–Crippen MR) is 53.5 cm³/mol. The van der Waals surface area contributed by atoms with E-state index in [1.165, 1.54) is 0 Å². The molecule has 0 aromatic rings. The third-order valence-electron chi connectivity index (χ3n) is 2.21. The predicted octanol–water partition coefficient (Wildman–Crippen LogP) is -1.80. The number of aliphatic hydroxyl groups excluding tert-OH is 4. The number of hydrogen-bond donors (Lipinski definition) is 4. The molecular formula is C8H15BrO6. The van der Waals surface area contributed by atoms with E-state index in [1.807, 2.05) is 0 Å². The molecule has 15 heavy (non-hydrogen) atoms. The number of halogens is 1. The summed E-state index contributed by atoms with van der Waals surface area (Å²) in [6.45, 7) is -0.472. The summed E-state index contributed by atoms with van der Waals surface area (Å²) in [5.74, 6) is 0. The van der Waals surface area contributed by atoms with E-state index in [0.717, 1.165) is 0 Å². The summed E-state index contributed by atoms with van der Waals surface area (Å²) < 4.78 is 10.3. The van der Waals surface area contributed by atoms with Crippen LogP contribution in [0, 0.1) is 0 Å². The average molecular weight is 287 g/mol. The maximum absolute atomic E-state index is 9.59. The van der Waals surface area contributed by atoms with E-state index in [1.54, 1.807) is 0 Å². The highest BCUT2D eigenvalue weighted by molar-refractivity contribution is 9.09. The summed E-state index contributed by atoms with van der Waals surface area (Å²) in [6, 6.07) is 0. The van der Waals surface area contributed by atoms with Crippen molar-refractivity contribution in [2.24, 2.45) is 0 Å². The number of ether oxygens (including phenoxy) is 2. The molecule has 6 nitrogen and oxygen atoms in total. The lowest BCUT2D eigenvalue weighted by molar-refractivity contribution is -0.128. The van der Waals surface area contributed by atoms with Crippen molar-refractivity contribution in [3.63, 3.8) is 0 Å². The highest BCUT2D eigenvalue weighted by Gasteiger charge is 2.37. The molecule has 0 aromatic heterocycles. The first-order valence-electron chi connectivity index (χ1n) is 4.58. The van der Waals surface area contributed by atoms with Gasteiger partial charge < -0.3 is 29.9 Å². The van der Waals surface area contributed by atoms with E-state index in [2.05, 4.69) is 15.9 Å². The molecule has 1 heterocycles. The minimum Gasteiger partial charge on any atom is -0.394 e. The molecule has 1 fully saturated rings. The Morgan fingerprint density at radius 3 is 2.47 bits per heavy atom. The van der Waals surface area contributed by atoms with Gasteiger partial charge in [-0.3, -0.25) is 0 Å². The third-order valence-corrected chi connectivity index (χ3v) is 2.74. The van der Waals surface area contributed by atoms with Gasteiger partial charge in [0.25, 0.3) is 0 Å². The minimum atomic E-state index is -1.45. The number of aliphatic hydroxyl groups is 4. The van der Waals surface area contributed by atoms with Crippen LogP contribution >= 0.6 is 15.9 Å². The van der Waals surface area contributed by atoms with Crippen LogP contribution in [0.4, 0.5) is 0 Å². The Hall–Kier alpha value is 0.240. The van der Waals surface area contributed by atoms with Gasteiger partial charge in [-0.05, 0) is 0 Å². The Morgan fingerprint density at radius 1 is 1.33 bits per heavy atom. The molecule has 0 bridgehead atoms. The van der Waals surface area contributed by atoms with Gasteiger partial charge >= 0.3 is 0 Å². The van der Waals surface area contributed by atoms with Gasteiger partial charge in [-0.15, -0.1) is 0 Å². The summed E-state index contributed by atoms with van der Waals surface area (Å²) in [4.78, 5) is 0. The smallest absolute Gasteiger partial charge is 0.167 e. The van der Waals surface area contributed by atoms with E-state index in [4.69, 9.17) is 19.7 Å². The van der Waals surface area contributed by atoms with Crippen LogP contribution in [-0.4, -0.2) is 69.7 Å². The zero-order valence-corrected chi connectivity index (χ0v) is 9.58. The molecule has 0 saturated carbocycles. The normalized spacial score (nSPS) is 32.6. The number of alkyl halides is 1. The lowest BCUT2D eigenvalue weighted by Crippen LogP contribution is -2.46. The van der Waals surface area contributed by atoms with Crippen LogP contribution in [0.2, 0.25) is 0 Å². The quantitative estimate of drug-likeness (QED) is 0.445. The van der Waals surface area contributed by atoms with Crippen molar-refractivity contribution in [2.75, 3.05) is 18.5 Å². The Kier molecular flexibility index (Phi) is 5.41. The molecule has 5 atom stereocenters. The topological polar surface area (TPSA) is 99.4 Å². The van der Waals surface area contributed by atoms with Crippen molar-refractivity contribution >= 4 is 15.9 Å². The van der Waals surface area contributed by atoms with Gasteiger partial charge in [0.05, 0.1) is 18.5 Å². The second kappa shape index (κ2) is 6.09. The van der Waals surface area contributed by atoms with Crippen molar-refractivity contribution < 1.29 is 29.9 Å². The maximum atomic E-state index is 9.59. The molecule has 4 N–H and O–H groups in total. The van der Waals surface area contributed by atoms with Crippen LogP contribution in [-0.2, 0) is 9.47 Å². The van der Waals surface area contributed by atoms with Gasteiger partial charge in [-0.25, -0.2) is 0 Å². The molecule has 0 spiro atoms. The molecule has 0 aromatic carbocycles. The molecule has 0 radical (unpaired) electrons. The Labute approximate surface area is 95.6 Å². The van der Waals surface area contributed by atoms with E-state index < -0.39 is 37.3 Å². The Balaban J connectivity index is 2.43. The lowest BCUT2D eigenvalue weighted by Gasteiger charge is -2.24. The number of hydrogen-bond acceptors (Lipinski definition) is 6. The molecule has 0 aliphatic carbocycles. The van der Waals surface area contributed by atoms with Gasteiger partial charge in [-0.2, -0.15) is 0 Å². The van der Waals surface area contributed by atoms with E-state index >= 15 is 0 Å². The largest absolute Gasteiger partial charge is 0.394 e. The standard InChI is InChI=1S/C8H15BrO6/c9-1-6-14-3-5(15-6)8(13)7(12)4(11)2-10/h4-8,10-13H,1-3H2. The second-order valence-electron chi connectivity index (χ2n) is 3.32. The summed E-state index contributed by atoms with van der Waals surface area (Å²) in [7, 11) is 0. The number of rotatable bonds is 5. The van der Waals surface area contributed by atoms with Gasteiger partial charge in [0, 0.05) is 0 Å². The van der Waals surface area contributed by atoms with Crippen molar-refractivity contribution in [2.45, 2.75) is 30.7 Å². The minimum absolute atomic E-state index is 0.145. The average Bonchev–Trinajstić information content (AvgIpc) is 2.74. The monoisotopic (exact) mass is 286 g/mol. The van der Waals surface area contributed by atoms with Crippen molar-refractivity contribution in [3.05, 3.63) is 0 Å². The fourth-order valence-electron chi connectivity index (χ4n) is 1.29. The molecular weight excluding hydrogens is 272 g/mol. The Bertz CT molecular complexity index is 192. The van der Waals surface area contributed by atoms with Crippen molar-refractivity contribution in [1.29, 1.82) is 0 Å². The maximum Gasteiger partial charge on any atom is 0.167 e. The SMILES string of the molecule is OCC(O)C(O)C(O)C1COC(CBr)O1. The van der Waals surface area contributed by atoms with Crippen LogP contribution in [0.25, 0.3) is 0 Å². The highest BCUT2D eigenvalue weighted by atomic mass is 79.9. The van der Waals surface area contributed by atoms with Crippen LogP contribution in [0.1, 0.15) is 0 Å². The lowest BCUT2D eigenvalue weighted by atomic mass is 10.0. The molecule has 5 unspecified atom stereocenters. The summed E-state index contributed by atoms with van der Waals surface area (Å²) in [5.41, 5.74) is 0. The first kappa shape index (κ1) is 13.3. The van der Waals surface area contributed by atoms with Gasteiger partial charge in [0.1, 0.15) is 24.4 Å². The van der Waals surface area contributed by atoms with E-state index in [-0.39, 0.29) is 6.61 Å². The highest BCUT2D eigenvalue weighted by Crippen LogP contribution is 2.19. The van der Waals surface area contributed by atoms with Gasteiger partial charge in [0.2, 0.25) is 0 Å². The summed E-state index contributed by atoms with van der Waals surface area (Å²) >= 11 is 3.15. The first-order valence-corrected chi connectivity index (χ1v) is 5.70. The third kappa shape index (κ3) is 3.35. The molecule has 1 aliphatic heterocycles. The fraction of sp³-hybridized carbons (Fsp3) is 1.00. The summed E-state index contributed by atoms with van der Waals surface area (Å²) in [5, 5.41) is 37.2. The van der Waals surface area contributed by atoms with Gasteiger partial charge in [-0.1, -0.05) is 15.9 Å². The molecule has 7 heteroatoms. The van der Waals surface area contributed by atoms with Crippen LogP contribution in [0.15, 0.2) is 0 Å². The van der Waals surface area contributed by atoms with E-state index in [9.17, 15) is 10.2 Å². The Morgan fingerprint density at radius 2 is 2.00 bits per heavy atom. The molecule has 0 amide bonds. The molecule has 90 valence electrons. The van der Waals surface area contributed by atoms with Crippen molar-refractivity contribution in [3.8, 4) is 0 Å². The molecule has 1 aliphatic rings. The zero-order valence-electron chi connectivity index (χ0n) is 7.99. The first-order chi connectivity index (χ1) is 7.10. The molecule has 1 saturated heterocycles. The summed E-state index contributed by atoms with van der Waals surface area (Å²) in [6.07, 6.45) is -5.26.